The highest BCUT2D eigenvalue weighted by atomic mass is 16.7. The smallest absolute Gasteiger partial charge is 0.168 e. The minimum Gasteiger partial charge on any atom is -0.390 e. The van der Waals surface area contributed by atoms with Crippen molar-refractivity contribution in [3.63, 3.8) is 0 Å². The number of rotatable bonds is 4. The minimum atomic E-state index is -0.454. The lowest BCUT2D eigenvalue weighted by molar-refractivity contribution is -0.212. The molecule has 3 aliphatic carbocycles. The number of ether oxygens (including phenoxy) is 2. The summed E-state index contributed by atoms with van der Waals surface area (Å²) in [7, 11) is 0. The first-order valence-corrected chi connectivity index (χ1v) is 11.6. The van der Waals surface area contributed by atoms with Gasteiger partial charge in [0.05, 0.1) is 18.8 Å². The molecule has 3 heteroatoms. The summed E-state index contributed by atoms with van der Waals surface area (Å²) in [6.07, 6.45) is 17.4. The molecule has 1 spiro atoms. The minimum absolute atomic E-state index is 0.347. The van der Waals surface area contributed by atoms with Gasteiger partial charge in [-0.3, -0.25) is 0 Å². The molecule has 0 aromatic carbocycles. The second kappa shape index (κ2) is 8.09. The Morgan fingerprint density at radius 3 is 1.85 bits per heavy atom. The van der Waals surface area contributed by atoms with Gasteiger partial charge in [0.2, 0.25) is 0 Å². The van der Waals surface area contributed by atoms with E-state index in [9.17, 15) is 5.11 Å². The predicted octanol–water partition coefficient (Wildman–Crippen LogP) is 5.45. The van der Waals surface area contributed by atoms with Crippen LogP contribution in [0.1, 0.15) is 96.8 Å². The fourth-order valence-corrected chi connectivity index (χ4v) is 6.74. The average Bonchev–Trinajstić information content (AvgIpc) is 3.14. The molecule has 4 rings (SSSR count). The fourth-order valence-electron chi connectivity index (χ4n) is 6.74. The summed E-state index contributed by atoms with van der Waals surface area (Å²) in [4.78, 5) is 0. The highest BCUT2D eigenvalue weighted by Crippen LogP contribution is 2.49. The molecule has 0 amide bonds. The second-order valence-electron chi connectivity index (χ2n) is 9.89. The topological polar surface area (TPSA) is 38.7 Å². The Kier molecular flexibility index (Phi) is 5.98. The molecule has 1 N–H and O–H groups in total. The molecule has 0 bridgehead atoms. The van der Waals surface area contributed by atoms with Gasteiger partial charge in [0, 0.05) is 12.8 Å². The van der Waals surface area contributed by atoms with Crippen molar-refractivity contribution in [2.45, 2.75) is 108 Å². The molecule has 3 saturated carbocycles. The van der Waals surface area contributed by atoms with E-state index < -0.39 is 5.60 Å². The van der Waals surface area contributed by atoms with Crippen LogP contribution in [0, 0.1) is 23.7 Å². The van der Waals surface area contributed by atoms with Crippen LogP contribution in [0.25, 0.3) is 0 Å². The molecule has 0 unspecified atom stereocenters. The normalized spacial score (nSPS) is 39.9. The lowest BCUT2D eigenvalue weighted by atomic mass is 9.63. The third kappa shape index (κ3) is 4.00. The molecule has 1 saturated heterocycles. The van der Waals surface area contributed by atoms with E-state index in [1.165, 1.54) is 64.2 Å². The molecular weight excluding hydrogens is 324 g/mol. The molecule has 0 aromatic heterocycles. The average molecular weight is 365 g/mol. The lowest BCUT2D eigenvalue weighted by Crippen LogP contribution is -2.48. The molecule has 150 valence electrons. The van der Waals surface area contributed by atoms with Crippen LogP contribution in [0.4, 0.5) is 0 Å². The van der Waals surface area contributed by atoms with Crippen LogP contribution in [0.2, 0.25) is 0 Å². The summed E-state index contributed by atoms with van der Waals surface area (Å²) in [6, 6.07) is 0. The van der Waals surface area contributed by atoms with Gasteiger partial charge in [0.15, 0.2) is 5.79 Å². The molecule has 4 aliphatic rings. The molecule has 26 heavy (non-hydrogen) atoms. The summed E-state index contributed by atoms with van der Waals surface area (Å²) in [5.74, 6) is 3.10. The third-order valence-corrected chi connectivity index (χ3v) is 8.48. The van der Waals surface area contributed by atoms with Crippen LogP contribution in [0.15, 0.2) is 0 Å². The van der Waals surface area contributed by atoms with Crippen molar-refractivity contribution >= 4 is 0 Å². The van der Waals surface area contributed by atoms with Crippen LogP contribution >= 0.6 is 0 Å². The van der Waals surface area contributed by atoms with E-state index in [-0.39, 0.29) is 5.79 Å². The van der Waals surface area contributed by atoms with E-state index in [0.717, 1.165) is 56.7 Å². The summed E-state index contributed by atoms with van der Waals surface area (Å²) in [6.45, 7) is 3.78. The Morgan fingerprint density at radius 2 is 1.31 bits per heavy atom. The van der Waals surface area contributed by atoms with Gasteiger partial charge in [-0.15, -0.1) is 0 Å². The summed E-state index contributed by atoms with van der Waals surface area (Å²) >= 11 is 0. The van der Waals surface area contributed by atoms with E-state index in [1.54, 1.807) is 0 Å². The maximum atomic E-state index is 11.3. The van der Waals surface area contributed by atoms with Gasteiger partial charge in [0.1, 0.15) is 0 Å². The fraction of sp³-hybridized carbons (Fsp3) is 1.00. The monoisotopic (exact) mass is 364 g/mol. The van der Waals surface area contributed by atoms with Crippen molar-refractivity contribution in [1.29, 1.82) is 0 Å². The van der Waals surface area contributed by atoms with Crippen molar-refractivity contribution in [2.24, 2.45) is 23.7 Å². The Balaban J connectivity index is 1.24. The SMILES string of the molecule is CCCC1CCC(C2CCC(C3(O)CCC4(CC3)OCCO4)CC2)CC1. The first-order chi connectivity index (χ1) is 12.6. The third-order valence-electron chi connectivity index (χ3n) is 8.48. The molecular formula is C23H40O3. The highest BCUT2D eigenvalue weighted by Gasteiger charge is 2.49. The van der Waals surface area contributed by atoms with Gasteiger partial charge in [-0.25, -0.2) is 0 Å². The largest absolute Gasteiger partial charge is 0.390 e. The number of aliphatic hydroxyl groups is 1. The Bertz CT molecular complexity index is 430. The van der Waals surface area contributed by atoms with Crippen molar-refractivity contribution in [1.82, 2.24) is 0 Å². The number of hydrogen-bond acceptors (Lipinski definition) is 3. The second-order valence-corrected chi connectivity index (χ2v) is 9.89. The van der Waals surface area contributed by atoms with Crippen LogP contribution < -0.4 is 0 Å². The van der Waals surface area contributed by atoms with Gasteiger partial charge in [-0.2, -0.15) is 0 Å². The quantitative estimate of drug-likeness (QED) is 0.721. The van der Waals surface area contributed by atoms with Crippen LogP contribution in [-0.2, 0) is 9.47 Å². The first kappa shape index (κ1) is 19.2. The summed E-state index contributed by atoms with van der Waals surface area (Å²) in [5.41, 5.74) is -0.454. The first-order valence-electron chi connectivity index (χ1n) is 11.6. The lowest BCUT2D eigenvalue weighted by Gasteiger charge is -2.47. The highest BCUT2D eigenvalue weighted by molar-refractivity contribution is 4.97. The standard InChI is InChI=1S/C23H40O3/c1-2-3-18-4-6-19(7-5-18)20-8-10-21(11-9-20)22(24)12-14-23(15-13-22)25-16-17-26-23/h18-21,24H,2-17H2,1H3. The van der Waals surface area contributed by atoms with Crippen molar-refractivity contribution in [3.8, 4) is 0 Å². The maximum Gasteiger partial charge on any atom is 0.168 e. The molecule has 1 aliphatic heterocycles. The van der Waals surface area contributed by atoms with E-state index in [2.05, 4.69) is 6.92 Å². The Morgan fingerprint density at radius 1 is 0.769 bits per heavy atom. The van der Waals surface area contributed by atoms with E-state index >= 15 is 0 Å². The predicted molar refractivity (Wildman–Crippen MR) is 104 cm³/mol. The molecule has 0 aromatic rings. The molecule has 4 fully saturated rings. The van der Waals surface area contributed by atoms with E-state index in [1.807, 2.05) is 0 Å². The van der Waals surface area contributed by atoms with E-state index in [4.69, 9.17) is 9.47 Å². The zero-order valence-corrected chi connectivity index (χ0v) is 16.9. The van der Waals surface area contributed by atoms with Crippen LogP contribution in [0.3, 0.4) is 0 Å². The molecule has 3 nitrogen and oxygen atoms in total. The van der Waals surface area contributed by atoms with Crippen molar-refractivity contribution in [2.75, 3.05) is 13.2 Å². The van der Waals surface area contributed by atoms with Crippen molar-refractivity contribution in [3.05, 3.63) is 0 Å². The van der Waals surface area contributed by atoms with E-state index in [0.29, 0.717) is 5.92 Å². The molecule has 0 atom stereocenters. The number of hydrogen-bond donors (Lipinski definition) is 1. The van der Waals surface area contributed by atoms with Gasteiger partial charge in [-0.05, 0) is 75.0 Å². The zero-order valence-electron chi connectivity index (χ0n) is 16.9. The van der Waals surface area contributed by atoms with Gasteiger partial charge in [-0.1, -0.05) is 32.6 Å². The Labute approximate surface area is 160 Å². The van der Waals surface area contributed by atoms with Gasteiger partial charge >= 0.3 is 0 Å². The van der Waals surface area contributed by atoms with Crippen molar-refractivity contribution < 1.29 is 14.6 Å². The Hall–Kier alpha value is -0.120. The summed E-state index contributed by atoms with van der Waals surface area (Å²) < 4.78 is 11.7. The molecule has 0 radical (unpaired) electrons. The van der Waals surface area contributed by atoms with Crippen LogP contribution in [-0.4, -0.2) is 29.7 Å². The maximum absolute atomic E-state index is 11.3. The van der Waals surface area contributed by atoms with Gasteiger partial charge < -0.3 is 14.6 Å². The molecule has 1 heterocycles. The summed E-state index contributed by atoms with van der Waals surface area (Å²) in [5, 5.41) is 11.3. The van der Waals surface area contributed by atoms with Gasteiger partial charge in [0.25, 0.3) is 0 Å². The van der Waals surface area contributed by atoms with Crippen LogP contribution in [0.5, 0.6) is 0 Å². The zero-order chi connectivity index (χ0) is 18.0.